The van der Waals surface area contributed by atoms with Crippen molar-refractivity contribution in [3.05, 3.63) is 5.92 Å². The molecule has 1 aliphatic heterocycles. The highest BCUT2D eigenvalue weighted by Gasteiger charge is 2.63. The van der Waals surface area contributed by atoms with E-state index in [1.54, 1.807) is 5.92 Å². The van der Waals surface area contributed by atoms with Crippen LogP contribution in [-0.4, -0.2) is 12.2 Å². The Hall–Kier alpha value is -0.0400. The molecular formula is C12H19O. The maximum absolute atomic E-state index is 5.79. The van der Waals surface area contributed by atoms with E-state index >= 15 is 0 Å². The Balaban J connectivity index is 1.91. The van der Waals surface area contributed by atoms with E-state index in [4.69, 9.17) is 4.74 Å². The van der Waals surface area contributed by atoms with Crippen LogP contribution in [0.4, 0.5) is 0 Å². The smallest absolute Gasteiger partial charge is 0.0912 e. The predicted octanol–water partition coefficient (Wildman–Crippen LogP) is 2.95. The van der Waals surface area contributed by atoms with Crippen molar-refractivity contribution in [2.45, 2.75) is 58.2 Å². The summed E-state index contributed by atoms with van der Waals surface area (Å²) in [5.74, 6) is 2.69. The highest BCUT2D eigenvalue weighted by atomic mass is 16.6. The summed E-state index contributed by atoms with van der Waals surface area (Å²) in [6.45, 7) is 4.71. The van der Waals surface area contributed by atoms with Crippen molar-refractivity contribution in [1.82, 2.24) is 0 Å². The van der Waals surface area contributed by atoms with Crippen LogP contribution in [0.5, 0.6) is 0 Å². The van der Waals surface area contributed by atoms with Crippen molar-refractivity contribution in [3.63, 3.8) is 0 Å². The molecule has 1 nitrogen and oxygen atoms in total. The topological polar surface area (TPSA) is 12.5 Å². The Kier molecular flexibility index (Phi) is 1.59. The van der Waals surface area contributed by atoms with Gasteiger partial charge in [-0.15, -0.1) is 0 Å². The van der Waals surface area contributed by atoms with Gasteiger partial charge in [0, 0.05) is 5.92 Å². The summed E-state index contributed by atoms with van der Waals surface area (Å²) in [6, 6.07) is 0. The van der Waals surface area contributed by atoms with E-state index < -0.39 is 0 Å². The summed E-state index contributed by atoms with van der Waals surface area (Å²) in [6.07, 6.45) is 8.15. The summed E-state index contributed by atoms with van der Waals surface area (Å²) < 4.78 is 5.79. The second-order valence-electron chi connectivity index (χ2n) is 5.04. The fourth-order valence-electron chi connectivity index (χ4n) is 3.82. The van der Waals surface area contributed by atoms with Crippen LogP contribution >= 0.6 is 0 Å². The molecule has 13 heavy (non-hydrogen) atoms. The van der Waals surface area contributed by atoms with Gasteiger partial charge in [0.2, 0.25) is 0 Å². The second kappa shape index (κ2) is 2.50. The molecule has 73 valence electrons. The zero-order chi connectivity index (χ0) is 9.05. The van der Waals surface area contributed by atoms with E-state index in [-0.39, 0.29) is 0 Å². The van der Waals surface area contributed by atoms with Gasteiger partial charge in [-0.1, -0.05) is 13.8 Å². The zero-order valence-electron chi connectivity index (χ0n) is 8.68. The third-order valence-electron chi connectivity index (χ3n) is 4.81. The Morgan fingerprint density at radius 2 is 2.15 bits per heavy atom. The molecule has 3 atom stereocenters. The molecule has 3 saturated carbocycles. The van der Waals surface area contributed by atoms with Gasteiger partial charge < -0.3 is 4.74 Å². The molecule has 0 spiro atoms. The Labute approximate surface area is 80.8 Å². The van der Waals surface area contributed by atoms with E-state index in [1.165, 1.54) is 32.1 Å². The zero-order valence-corrected chi connectivity index (χ0v) is 8.68. The van der Waals surface area contributed by atoms with Gasteiger partial charge in [-0.2, -0.15) is 0 Å². The summed E-state index contributed by atoms with van der Waals surface area (Å²) in [7, 11) is 0. The number of ether oxygens (including phenoxy) is 1. The van der Waals surface area contributed by atoms with Crippen LogP contribution in [-0.2, 0) is 4.74 Å². The molecule has 3 aliphatic carbocycles. The minimum Gasteiger partial charge on any atom is -0.369 e. The molecule has 1 heterocycles. The molecule has 4 aliphatic rings. The summed E-state index contributed by atoms with van der Waals surface area (Å²) in [4.78, 5) is 0. The van der Waals surface area contributed by atoms with Gasteiger partial charge in [0.25, 0.3) is 0 Å². The highest BCUT2D eigenvalue weighted by molar-refractivity contribution is 5.27. The van der Waals surface area contributed by atoms with E-state index in [9.17, 15) is 0 Å². The first kappa shape index (κ1) is 8.28. The van der Waals surface area contributed by atoms with E-state index in [0.717, 1.165) is 5.92 Å². The quantitative estimate of drug-likeness (QED) is 0.594. The molecule has 3 unspecified atom stereocenters. The van der Waals surface area contributed by atoms with Gasteiger partial charge >= 0.3 is 0 Å². The van der Waals surface area contributed by atoms with Crippen LogP contribution in [0.2, 0.25) is 0 Å². The standard InChI is InChI=1S/C12H19O/c1-3-12(4-2)7-8-5-6-9(12)11-10(8)13-11/h8,10-11H,3-7H2,1-2H3. The lowest BCUT2D eigenvalue weighted by molar-refractivity contribution is 0.121. The average Bonchev–Trinajstić information content (AvgIpc) is 2.98. The summed E-state index contributed by atoms with van der Waals surface area (Å²) >= 11 is 0. The van der Waals surface area contributed by atoms with Gasteiger partial charge in [0.15, 0.2) is 0 Å². The fraction of sp³-hybridized carbons (Fsp3) is 0.917. The normalized spacial score (nSPS) is 46.2. The number of rotatable bonds is 2. The predicted molar refractivity (Wildman–Crippen MR) is 52.3 cm³/mol. The van der Waals surface area contributed by atoms with Crippen molar-refractivity contribution < 1.29 is 4.74 Å². The minimum atomic E-state index is 0.584. The van der Waals surface area contributed by atoms with Gasteiger partial charge in [0.05, 0.1) is 12.2 Å². The first-order valence-corrected chi connectivity index (χ1v) is 5.82. The molecule has 0 N–H and O–H groups in total. The lowest BCUT2D eigenvalue weighted by atomic mass is 9.54. The van der Waals surface area contributed by atoms with Crippen LogP contribution in [0, 0.1) is 17.3 Å². The van der Waals surface area contributed by atoms with Crippen molar-refractivity contribution in [2.24, 2.45) is 11.3 Å². The van der Waals surface area contributed by atoms with Crippen LogP contribution < -0.4 is 0 Å². The number of hydrogen-bond donors (Lipinski definition) is 0. The SMILES string of the molecule is CCC1(CC)CC2CC[C]1C1OC21. The van der Waals surface area contributed by atoms with Crippen molar-refractivity contribution in [3.8, 4) is 0 Å². The van der Waals surface area contributed by atoms with E-state index in [2.05, 4.69) is 13.8 Å². The Morgan fingerprint density at radius 1 is 1.38 bits per heavy atom. The fourth-order valence-corrected chi connectivity index (χ4v) is 3.82. The van der Waals surface area contributed by atoms with Gasteiger partial charge in [-0.05, 0) is 43.4 Å². The Morgan fingerprint density at radius 3 is 2.77 bits per heavy atom. The molecule has 0 aromatic carbocycles. The van der Waals surface area contributed by atoms with Crippen LogP contribution in [0.1, 0.15) is 46.0 Å². The third kappa shape index (κ3) is 0.918. The van der Waals surface area contributed by atoms with E-state index in [1.807, 2.05) is 0 Å². The molecule has 0 aromatic rings. The molecule has 1 saturated heterocycles. The van der Waals surface area contributed by atoms with Crippen LogP contribution in [0.25, 0.3) is 0 Å². The lowest BCUT2D eigenvalue weighted by Gasteiger charge is -2.48. The first-order valence-electron chi connectivity index (χ1n) is 5.82. The van der Waals surface area contributed by atoms with Crippen molar-refractivity contribution >= 4 is 0 Å². The lowest BCUT2D eigenvalue weighted by Crippen LogP contribution is -2.44. The largest absolute Gasteiger partial charge is 0.369 e. The molecule has 4 fully saturated rings. The third-order valence-corrected chi connectivity index (χ3v) is 4.81. The summed E-state index contributed by atoms with van der Waals surface area (Å²) in [5, 5.41) is 0. The highest BCUT2D eigenvalue weighted by Crippen LogP contribution is 2.64. The van der Waals surface area contributed by atoms with Gasteiger partial charge in [0.1, 0.15) is 0 Å². The average molecular weight is 179 g/mol. The van der Waals surface area contributed by atoms with Crippen LogP contribution in [0.3, 0.4) is 0 Å². The molecule has 0 aromatic heterocycles. The second-order valence-corrected chi connectivity index (χ2v) is 5.04. The molecular weight excluding hydrogens is 160 g/mol. The number of epoxide rings is 1. The number of hydrogen-bond acceptors (Lipinski definition) is 1. The van der Waals surface area contributed by atoms with E-state index in [0.29, 0.717) is 17.6 Å². The monoisotopic (exact) mass is 179 g/mol. The van der Waals surface area contributed by atoms with Crippen molar-refractivity contribution in [1.29, 1.82) is 0 Å². The van der Waals surface area contributed by atoms with Crippen molar-refractivity contribution in [2.75, 3.05) is 0 Å². The first-order chi connectivity index (χ1) is 6.30. The molecule has 2 bridgehead atoms. The van der Waals surface area contributed by atoms with Gasteiger partial charge in [-0.3, -0.25) is 0 Å². The molecule has 1 radical (unpaired) electrons. The minimum absolute atomic E-state index is 0.584. The Bertz CT molecular complexity index is 219. The maximum atomic E-state index is 5.79. The molecule has 0 amide bonds. The summed E-state index contributed by atoms with van der Waals surface area (Å²) in [5.41, 5.74) is 0.584. The molecule has 4 rings (SSSR count). The maximum Gasteiger partial charge on any atom is 0.0912 e. The van der Waals surface area contributed by atoms with Crippen LogP contribution in [0.15, 0.2) is 0 Å². The molecule has 1 heteroatoms. The van der Waals surface area contributed by atoms with Gasteiger partial charge in [-0.25, -0.2) is 0 Å². The number of fused-ring (bicyclic) bond motifs is 2.